The van der Waals surface area contributed by atoms with Crippen molar-refractivity contribution in [1.82, 2.24) is 10.2 Å². The maximum Gasteiger partial charge on any atom is 0.0678 e. The molecule has 0 bridgehead atoms. The highest BCUT2D eigenvalue weighted by Crippen LogP contribution is 1.96. The summed E-state index contributed by atoms with van der Waals surface area (Å²) in [5.74, 6) is 0. The molecule has 3 nitrogen and oxygen atoms in total. The summed E-state index contributed by atoms with van der Waals surface area (Å²) in [6.45, 7) is 1.94. The Balaban J connectivity index is 2.94. The van der Waals surface area contributed by atoms with Crippen LogP contribution in [-0.2, 0) is 0 Å². The topological polar surface area (TPSA) is 41.0 Å². The first kappa shape index (κ1) is 6.01. The first-order valence-electron chi connectivity index (χ1n) is 2.77. The lowest BCUT2D eigenvalue weighted by Gasteiger charge is -1.81. The molecular weight excluding hydrogens is 114 g/mol. The molecule has 1 aromatic rings. The third-order valence-corrected chi connectivity index (χ3v) is 1.14. The molecule has 1 aromatic heterocycles. The van der Waals surface area contributed by atoms with E-state index in [0.717, 1.165) is 11.3 Å². The molecule has 0 aliphatic carbocycles. The number of aryl methyl sites for hydroxylation is 1. The van der Waals surface area contributed by atoms with Gasteiger partial charge in [-0.25, -0.2) is 0 Å². The van der Waals surface area contributed by atoms with Crippen molar-refractivity contribution in [3.63, 3.8) is 0 Å². The molecule has 1 heterocycles. The second kappa shape index (κ2) is 2.44. The SMILES string of the molecule is C/N=C/c1c[nH]nc1C. The summed E-state index contributed by atoms with van der Waals surface area (Å²) in [6.07, 6.45) is 3.60. The molecule has 1 rings (SSSR count). The van der Waals surface area contributed by atoms with Gasteiger partial charge in [0.2, 0.25) is 0 Å². The van der Waals surface area contributed by atoms with Gasteiger partial charge in [-0.2, -0.15) is 5.10 Å². The Morgan fingerprint density at radius 2 is 2.56 bits per heavy atom. The predicted molar refractivity (Wildman–Crippen MR) is 36.8 cm³/mol. The minimum absolute atomic E-state index is 0.987. The Kier molecular flexibility index (Phi) is 1.63. The van der Waals surface area contributed by atoms with E-state index < -0.39 is 0 Å². The number of nitrogens with zero attached hydrogens (tertiary/aromatic N) is 2. The van der Waals surface area contributed by atoms with Crippen LogP contribution in [0.1, 0.15) is 11.3 Å². The van der Waals surface area contributed by atoms with Gasteiger partial charge in [-0.3, -0.25) is 10.1 Å². The summed E-state index contributed by atoms with van der Waals surface area (Å²) in [5.41, 5.74) is 2.04. The molecule has 0 aliphatic heterocycles. The summed E-state index contributed by atoms with van der Waals surface area (Å²) in [4.78, 5) is 3.85. The van der Waals surface area contributed by atoms with E-state index in [1.54, 1.807) is 13.3 Å². The van der Waals surface area contributed by atoms with E-state index in [-0.39, 0.29) is 0 Å². The van der Waals surface area contributed by atoms with Crippen molar-refractivity contribution in [2.75, 3.05) is 7.05 Å². The Labute approximate surface area is 53.8 Å². The van der Waals surface area contributed by atoms with Crippen LogP contribution in [0.25, 0.3) is 0 Å². The highest BCUT2D eigenvalue weighted by molar-refractivity contribution is 5.80. The lowest BCUT2D eigenvalue weighted by Crippen LogP contribution is -1.79. The van der Waals surface area contributed by atoms with Gasteiger partial charge in [-0.15, -0.1) is 0 Å². The number of hydrogen-bond acceptors (Lipinski definition) is 2. The fraction of sp³-hybridized carbons (Fsp3) is 0.333. The molecule has 0 fully saturated rings. The normalized spacial score (nSPS) is 10.9. The van der Waals surface area contributed by atoms with Gasteiger partial charge in [0.15, 0.2) is 0 Å². The molecule has 0 spiro atoms. The van der Waals surface area contributed by atoms with Crippen LogP contribution in [0, 0.1) is 6.92 Å². The summed E-state index contributed by atoms with van der Waals surface area (Å²) in [7, 11) is 1.74. The third kappa shape index (κ3) is 1.16. The molecule has 9 heavy (non-hydrogen) atoms. The molecular formula is C6H9N3. The zero-order valence-corrected chi connectivity index (χ0v) is 5.55. The Hall–Kier alpha value is -1.12. The Morgan fingerprint density at radius 3 is 3.00 bits per heavy atom. The highest BCUT2D eigenvalue weighted by atomic mass is 15.1. The number of hydrogen-bond donors (Lipinski definition) is 1. The molecule has 0 atom stereocenters. The van der Waals surface area contributed by atoms with E-state index in [9.17, 15) is 0 Å². The number of aliphatic imine (C=N–C) groups is 1. The van der Waals surface area contributed by atoms with Gasteiger partial charge in [0, 0.05) is 25.0 Å². The number of H-pyrrole nitrogens is 1. The minimum atomic E-state index is 0.987. The van der Waals surface area contributed by atoms with Crippen molar-refractivity contribution in [2.24, 2.45) is 4.99 Å². The minimum Gasteiger partial charge on any atom is -0.296 e. The first-order valence-corrected chi connectivity index (χ1v) is 2.77. The van der Waals surface area contributed by atoms with E-state index in [4.69, 9.17) is 0 Å². The largest absolute Gasteiger partial charge is 0.296 e. The molecule has 0 radical (unpaired) electrons. The van der Waals surface area contributed by atoms with Crippen molar-refractivity contribution in [2.45, 2.75) is 6.92 Å². The molecule has 0 amide bonds. The summed E-state index contributed by atoms with van der Waals surface area (Å²) in [6, 6.07) is 0. The van der Waals surface area contributed by atoms with Gasteiger partial charge >= 0.3 is 0 Å². The molecule has 48 valence electrons. The molecule has 0 saturated carbocycles. The van der Waals surface area contributed by atoms with Crippen LogP contribution in [-0.4, -0.2) is 23.5 Å². The maximum absolute atomic E-state index is 3.92. The first-order chi connectivity index (χ1) is 4.34. The molecule has 0 aromatic carbocycles. The van der Waals surface area contributed by atoms with Crippen LogP contribution < -0.4 is 0 Å². The van der Waals surface area contributed by atoms with E-state index >= 15 is 0 Å². The van der Waals surface area contributed by atoms with Gasteiger partial charge in [0.05, 0.1) is 5.69 Å². The zero-order valence-electron chi connectivity index (χ0n) is 5.55. The third-order valence-electron chi connectivity index (χ3n) is 1.14. The van der Waals surface area contributed by atoms with Crippen molar-refractivity contribution in [1.29, 1.82) is 0 Å². The lowest BCUT2D eigenvalue weighted by atomic mass is 10.3. The maximum atomic E-state index is 3.92. The number of rotatable bonds is 1. The second-order valence-corrected chi connectivity index (χ2v) is 1.81. The second-order valence-electron chi connectivity index (χ2n) is 1.81. The van der Waals surface area contributed by atoms with Crippen LogP contribution >= 0.6 is 0 Å². The predicted octanol–water partition coefficient (Wildman–Crippen LogP) is 0.767. The quantitative estimate of drug-likeness (QED) is 0.550. The number of nitrogens with one attached hydrogen (secondary N) is 1. The molecule has 3 heteroatoms. The van der Waals surface area contributed by atoms with E-state index in [1.807, 2.05) is 13.1 Å². The summed E-state index contributed by atoms with van der Waals surface area (Å²) >= 11 is 0. The van der Waals surface area contributed by atoms with Crippen LogP contribution in [0.2, 0.25) is 0 Å². The molecule has 1 N–H and O–H groups in total. The van der Waals surface area contributed by atoms with Crippen LogP contribution in [0.4, 0.5) is 0 Å². The number of aromatic nitrogens is 2. The average molecular weight is 123 g/mol. The van der Waals surface area contributed by atoms with Crippen LogP contribution in [0.3, 0.4) is 0 Å². The molecule has 0 aliphatic rings. The van der Waals surface area contributed by atoms with Crippen LogP contribution in [0.5, 0.6) is 0 Å². The van der Waals surface area contributed by atoms with Crippen molar-refractivity contribution < 1.29 is 0 Å². The Bertz CT molecular complexity index is 212. The van der Waals surface area contributed by atoms with Gasteiger partial charge in [0.1, 0.15) is 0 Å². The number of aromatic amines is 1. The standard InChI is InChI=1S/C6H9N3/c1-5-6(3-7-2)4-8-9-5/h3-4H,1-2H3,(H,8,9)/b7-3+. The molecule has 0 unspecified atom stereocenters. The zero-order chi connectivity index (χ0) is 6.69. The van der Waals surface area contributed by atoms with Gasteiger partial charge < -0.3 is 0 Å². The van der Waals surface area contributed by atoms with Crippen molar-refractivity contribution in [3.05, 3.63) is 17.5 Å². The summed E-state index contributed by atoms with van der Waals surface area (Å²) in [5, 5.41) is 6.66. The average Bonchev–Trinajstić information content (AvgIpc) is 2.18. The van der Waals surface area contributed by atoms with Gasteiger partial charge in [-0.1, -0.05) is 0 Å². The highest BCUT2D eigenvalue weighted by Gasteiger charge is 1.93. The lowest BCUT2D eigenvalue weighted by molar-refractivity contribution is 1.05. The van der Waals surface area contributed by atoms with Crippen molar-refractivity contribution in [3.8, 4) is 0 Å². The van der Waals surface area contributed by atoms with E-state index in [0.29, 0.717) is 0 Å². The fourth-order valence-electron chi connectivity index (χ4n) is 0.637. The Morgan fingerprint density at radius 1 is 1.78 bits per heavy atom. The monoisotopic (exact) mass is 123 g/mol. The van der Waals surface area contributed by atoms with E-state index in [2.05, 4.69) is 15.2 Å². The van der Waals surface area contributed by atoms with Crippen molar-refractivity contribution >= 4 is 6.21 Å². The van der Waals surface area contributed by atoms with Crippen LogP contribution in [0.15, 0.2) is 11.2 Å². The summed E-state index contributed by atoms with van der Waals surface area (Å²) < 4.78 is 0. The van der Waals surface area contributed by atoms with E-state index in [1.165, 1.54) is 0 Å². The fourth-order valence-corrected chi connectivity index (χ4v) is 0.637. The molecule has 0 saturated heterocycles. The van der Waals surface area contributed by atoms with Gasteiger partial charge in [0.25, 0.3) is 0 Å². The van der Waals surface area contributed by atoms with Gasteiger partial charge in [-0.05, 0) is 6.92 Å². The smallest absolute Gasteiger partial charge is 0.0678 e.